The zero-order valence-electron chi connectivity index (χ0n) is 27.5. The van der Waals surface area contributed by atoms with Gasteiger partial charge in [-0.15, -0.1) is 0 Å². The van der Waals surface area contributed by atoms with Crippen LogP contribution in [0.1, 0.15) is 83.7 Å². The molecule has 8 rings (SSSR count). The fourth-order valence-electron chi connectivity index (χ4n) is 10.4. The van der Waals surface area contributed by atoms with Crippen LogP contribution in [0.25, 0.3) is 27.4 Å². The second kappa shape index (κ2) is 11.8. The van der Waals surface area contributed by atoms with E-state index in [4.69, 9.17) is 4.98 Å². The summed E-state index contributed by atoms with van der Waals surface area (Å²) >= 11 is 0. The van der Waals surface area contributed by atoms with Gasteiger partial charge in [0.15, 0.2) is 0 Å². The number of pyridine rings is 1. The molecule has 0 amide bonds. The molecule has 238 valence electrons. The molecule has 45 heavy (non-hydrogen) atoms. The second-order valence-electron chi connectivity index (χ2n) is 15.4. The monoisotopic (exact) mass is 604 g/mol. The zero-order valence-corrected chi connectivity index (χ0v) is 27.5. The van der Waals surface area contributed by atoms with Crippen LogP contribution in [0, 0.1) is 17.3 Å². The number of nitrogens with zero attached hydrogens (tertiary/aromatic N) is 4. The summed E-state index contributed by atoms with van der Waals surface area (Å²) < 4.78 is 2.55. The molecule has 1 aromatic carbocycles. The first-order valence-electron chi connectivity index (χ1n) is 18.1. The maximum Gasteiger partial charge on any atom is 0.0998 e. The predicted octanol–water partition coefficient (Wildman–Crippen LogP) is 7.99. The van der Waals surface area contributed by atoms with Crippen LogP contribution in [-0.2, 0) is 6.54 Å². The standard InChI is InChI=1S/C40H52N4O/c1-29(2)27-44-35-17-11-10-16-31(35)32-18-21-41-36(37(32)44)33-26-40(45)20-12-6-3-4-7-13-22-42-24-19-34(33)39(28-42)25-30-15-9-5-8-14-23-43(30)38(39)40/h3,6,9-11,15-18,21,26,29-30,34,38,45H,4-5,7-8,12-14,19-20,22-25,27-28H2,1-2H3/b6-3-,15-9-/t30-,34-,38+,39-,40-/m0/s1. The zero-order chi connectivity index (χ0) is 30.6. The molecule has 3 aromatic rings. The highest BCUT2D eigenvalue weighted by Gasteiger charge is 2.65. The summed E-state index contributed by atoms with van der Waals surface area (Å²) in [5.74, 6) is 0.893. The molecule has 0 radical (unpaired) electrons. The molecule has 4 aliphatic heterocycles. The van der Waals surface area contributed by atoms with E-state index in [0.29, 0.717) is 17.9 Å². The van der Waals surface area contributed by atoms with E-state index in [0.717, 1.165) is 64.0 Å². The van der Waals surface area contributed by atoms with Crippen molar-refractivity contribution in [2.45, 2.75) is 102 Å². The molecule has 5 aliphatic rings. The number of hydrogen-bond donors (Lipinski definition) is 1. The molecular formula is C40H52N4O. The molecule has 6 atom stereocenters. The van der Waals surface area contributed by atoms with Gasteiger partial charge in [0.05, 0.1) is 22.9 Å². The minimum absolute atomic E-state index is 0.00701. The van der Waals surface area contributed by atoms with Crippen molar-refractivity contribution in [2.75, 3.05) is 26.2 Å². The topological polar surface area (TPSA) is 44.5 Å². The van der Waals surface area contributed by atoms with E-state index in [-0.39, 0.29) is 11.5 Å². The summed E-state index contributed by atoms with van der Waals surface area (Å²) in [6.07, 6.45) is 25.4. The molecule has 5 heteroatoms. The van der Waals surface area contributed by atoms with Crippen LogP contribution in [0.3, 0.4) is 0 Å². The van der Waals surface area contributed by atoms with Gasteiger partial charge in [-0.1, -0.05) is 56.4 Å². The molecule has 2 aromatic heterocycles. The van der Waals surface area contributed by atoms with Gasteiger partial charge in [0, 0.05) is 47.0 Å². The van der Waals surface area contributed by atoms with Gasteiger partial charge in [0.25, 0.3) is 0 Å². The fraction of sp³-hybridized carbons (Fsp3) is 0.575. The Labute approximate surface area is 269 Å². The quantitative estimate of drug-likeness (QED) is 0.308. The van der Waals surface area contributed by atoms with E-state index in [2.05, 4.69) is 88.9 Å². The van der Waals surface area contributed by atoms with Gasteiger partial charge in [0.1, 0.15) is 0 Å². The molecule has 2 fully saturated rings. The van der Waals surface area contributed by atoms with E-state index in [1.165, 1.54) is 66.0 Å². The summed E-state index contributed by atoms with van der Waals surface area (Å²) in [7, 11) is 0. The van der Waals surface area contributed by atoms with E-state index in [1.807, 2.05) is 6.20 Å². The second-order valence-corrected chi connectivity index (χ2v) is 15.4. The Hall–Kier alpha value is -2.73. The number of benzene rings is 1. The van der Waals surface area contributed by atoms with Crippen LogP contribution in [0.2, 0.25) is 0 Å². The Morgan fingerprint density at radius 1 is 0.933 bits per heavy atom. The van der Waals surface area contributed by atoms with Crippen molar-refractivity contribution >= 4 is 27.4 Å². The third-order valence-corrected chi connectivity index (χ3v) is 12.0. The van der Waals surface area contributed by atoms with Gasteiger partial charge in [0.2, 0.25) is 0 Å². The third kappa shape index (κ3) is 4.96. The highest BCUT2D eigenvalue weighted by atomic mass is 16.3. The lowest BCUT2D eigenvalue weighted by Crippen LogP contribution is -2.65. The van der Waals surface area contributed by atoms with Gasteiger partial charge in [-0.25, -0.2) is 0 Å². The first-order valence-corrected chi connectivity index (χ1v) is 18.1. The smallest absolute Gasteiger partial charge is 0.0998 e. The Kier molecular flexibility index (Phi) is 7.79. The lowest BCUT2D eigenvalue weighted by Gasteiger charge is -2.58. The van der Waals surface area contributed by atoms with Crippen molar-refractivity contribution in [2.24, 2.45) is 17.3 Å². The van der Waals surface area contributed by atoms with Crippen molar-refractivity contribution in [3.05, 3.63) is 72.6 Å². The molecule has 1 N–H and O–H groups in total. The van der Waals surface area contributed by atoms with E-state index >= 15 is 0 Å². The van der Waals surface area contributed by atoms with Crippen LogP contribution in [0.15, 0.2) is 66.9 Å². The van der Waals surface area contributed by atoms with E-state index in [9.17, 15) is 5.11 Å². The molecule has 1 unspecified atom stereocenters. The molecule has 0 saturated carbocycles. The normalized spacial score (nSPS) is 35.5. The van der Waals surface area contributed by atoms with Gasteiger partial charge in [-0.05, 0) is 119 Å². The number of allylic oxidation sites excluding steroid dienone is 4. The molecule has 5 nitrogen and oxygen atoms in total. The van der Waals surface area contributed by atoms with Gasteiger partial charge in [-0.2, -0.15) is 0 Å². The van der Waals surface area contributed by atoms with Crippen LogP contribution >= 0.6 is 0 Å². The van der Waals surface area contributed by atoms with Gasteiger partial charge >= 0.3 is 0 Å². The Bertz CT molecular complexity index is 1650. The molecule has 2 saturated heterocycles. The lowest BCUT2D eigenvalue weighted by atomic mass is 9.54. The number of aliphatic hydroxyl groups is 1. The predicted molar refractivity (Wildman–Crippen MR) is 186 cm³/mol. The largest absolute Gasteiger partial charge is 0.384 e. The molecular weight excluding hydrogens is 552 g/mol. The van der Waals surface area contributed by atoms with Crippen molar-refractivity contribution in [3.63, 3.8) is 0 Å². The van der Waals surface area contributed by atoms with Gasteiger partial charge < -0.3 is 14.6 Å². The van der Waals surface area contributed by atoms with Crippen molar-refractivity contribution in [1.82, 2.24) is 19.4 Å². The van der Waals surface area contributed by atoms with Crippen LogP contribution in [0.5, 0.6) is 0 Å². The Balaban J connectivity index is 1.37. The van der Waals surface area contributed by atoms with E-state index in [1.54, 1.807) is 0 Å². The Morgan fingerprint density at radius 3 is 2.64 bits per heavy atom. The highest BCUT2D eigenvalue weighted by Crippen LogP contribution is 2.62. The highest BCUT2D eigenvalue weighted by molar-refractivity contribution is 6.10. The minimum Gasteiger partial charge on any atom is -0.384 e. The number of hydrogen-bond acceptors (Lipinski definition) is 4. The number of fused-ring (bicyclic) bond motifs is 5. The third-order valence-electron chi connectivity index (χ3n) is 12.0. The van der Waals surface area contributed by atoms with Crippen LogP contribution in [0.4, 0.5) is 0 Å². The average Bonchev–Trinajstić information content (AvgIpc) is 3.49. The average molecular weight is 605 g/mol. The number of aromatic nitrogens is 2. The maximum absolute atomic E-state index is 13.3. The number of rotatable bonds is 3. The van der Waals surface area contributed by atoms with E-state index < -0.39 is 5.60 Å². The van der Waals surface area contributed by atoms with Crippen LogP contribution in [-0.4, -0.2) is 68.3 Å². The summed E-state index contributed by atoms with van der Waals surface area (Å²) in [5, 5.41) is 15.9. The van der Waals surface area contributed by atoms with Crippen molar-refractivity contribution in [1.29, 1.82) is 0 Å². The lowest BCUT2D eigenvalue weighted by molar-refractivity contribution is -0.0894. The summed E-state index contributed by atoms with van der Waals surface area (Å²) in [6, 6.07) is 11.7. The Morgan fingerprint density at radius 2 is 1.76 bits per heavy atom. The number of piperidine rings is 1. The maximum atomic E-state index is 13.3. The molecule has 3 bridgehead atoms. The summed E-state index contributed by atoms with van der Waals surface area (Å²) in [4.78, 5) is 10.8. The van der Waals surface area contributed by atoms with Crippen molar-refractivity contribution < 1.29 is 5.11 Å². The number of para-hydroxylation sites is 1. The summed E-state index contributed by atoms with van der Waals surface area (Å²) in [5.41, 5.74) is 4.09. The molecule has 1 aliphatic carbocycles. The first kappa shape index (κ1) is 29.7. The van der Waals surface area contributed by atoms with Crippen LogP contribution < -0.4 is 0 Å². The van der Waals surface area contributed by atoms with Crippen molar-refractivity contribution in [3.8, 4) is 0 Å². The minimum atomic E-state index is -0.909. The summed E-state index contributed by atoms with van der Waals surface area (Å²) in [6.45, 7) is 10.1. The molecule has 6 heterocycles. The SMILES string of the molecule is CC(C)Cn1c2ccccc2c2ccnc(C3=C[C@@]4(O)CC/C=C\CCCCN5CC[C@@H]3[C@]3(C[C@@H]6/C=C\CCCCN6[C@H]34)C5)c21. The van der Waals surface area contributed by atoms with Gasteiger partial charge in [-0.3, -0.25) is 9.88 Å². The molecule has 1 spiro atoms. The first-order chi connectivity index (χ1) is 22.0. The fourth-order valence-corrected chi connectivity index (χ4v) is 10.4.